The second-order valence-corrected chi connectivity index (χ2v) is 6.60. The molecule has 142 valence electrons. The van der Waals surface area contributed by atoms with Crippen molar-refractivity contribution in [3.63, 3.8) is 0 Å². The molecule has 0 saturated carbocycles. The molecule has 2 rings (SSSR count). The van der Waals surface area contributed by atoms with Gasteiger partial charge in [0.2, 0.25) is 0 Å². The van der Waals surface area contributed by atoms with Crippen molar-refractivity contribution >= 4 is 5.91 Å². The number of nitrogens with zero attached hydrogens (tertiary/aromatic N) is 2. The Morgan fingerprint density at radius 2 is 1.73 bits per heavy atom. The number of ether oxygens (including phenoxy) is 2. The van der Waals surface area contributed by atoms with Crippen LogP contribution in [0.25, 0.3) is 0 Å². The highest BCUT2D eigenvalue weighted by atomic mass is 16.5. The fourth-order valence-corrected chi connectivity index (χ4v) is 3.23. The number of rotatable bonds is 9. The zero-order chi connectivity index (χ0) is 19.1. The second kappa shape index (κ2) is 9.41. The molecule has 1 aromatic carbocycles. The van der Waals surface area contributed by atoms with Crippen molar-refractivity contribution < 1.29 is 14.3 Å². The van der Waals surface area contributed by atoms with E-state index in [0.29, 0.717) is 17.1 Å². The van der Waals surface area contributed by atoms with Gasteiger partial charge in [-0.1, -0.05) is 32.6 Å². The van der Waals surface area contributed by atoms with Crippen LogP contribution in [0.15, 0.2) is 18.2 Å². The molecule has 0 saturated heterocycles. The Balaban J connectivity index is 2.18. The maximum absolute atomic E-state index is 12.9. The first-order valence-corrected chi connectivity index (χ1v) is 9.35. The molecule has 0 radical (unpaired) electrons. The number of benzene rings is 1. The van der Waals surface area contributed by atoms with Crippen molar-refractivity contribution in [1.82, 2.24) is 9.78 Å². The molecular formula is C21H30N2O3. The van der Waals surface area contributed by atoms with Crippen molar-refractivity contribution in [3.8, 4) is 11.5 Å². The molecule has 5 heteroatoms. The zero-order valence-electron chi connectivity index (χ0n) is 16.6. The molecule has 0 aliphatic carbocycles. The summed E-state index contributed by atoms with van der Waals surface area (Å²) in [5.41, 5.74) is 3.59. The number of aryl methyl sites for hydroxylation is 1. The van der Waals surface area contributed by atoms with Gasteiger partial charge in [-0.3, -0.25) is 4.79 Å². The minimum absolute atomic E-state index is 0.149. The Bertz CT molecular complexity index is 750. The average Bonchev–Trinajstić information content (AvgIpc) is 2.94. The predicted molar refractivity (Wildman–Crippen MR) is 103 cm³/mol. The van der Waals surface area contributed by atoms with E-state index in [4.69, 9.17) is 9.47 Å². The van der Waals surface area contributed by atoms with Crippen LogP contribution in [0, 0.1) is 13.8 Å². The van der Waals surface area contributed by atoms with Gasteiger partial charge in [-0.2, -0.15) is 5.10 Å². The van der Waals surface area contributed by atoms with Gasteiger partial charge in [0.1, 0.15) is 0 Å². The second-order valence-electron chi connectivity index (χ2n) is 6.60. The van der Waals surface area contributed by atoms with Crippen molar-refractivity contribution in [2.75, 3.05) is 14.2 Å². The highest BCUT2D eigenvalue weighted by molar-refractivity contribution is 5.96. The smallest absolute Gasteiger partial charge is 0.278 e. The number of unbranched alkanes of at least 4 members (excludes halogenated alkanes) is 4. The highest BCUT2D eigenvalue weighted by Gasteiger charge is 2.19. The average molecular weight is 358 g/mol. The third-order valence-corrected chi connectivity index (χ3v) is 4.79. The summed E-state index contributed by atoms with van der Waals surface area (Å²) in [5, 5.41) is 4.49. The van der Waals surface area contributed by atoms with E-state index in [2.05, 4.69) is 12.0 Å². The maximum Gasteiger partial charge on any atom is 0.278 e. The number of aromatic nitrogens is 2. The standard InChI is InChI=1S/C21H30N2O3/c1-6-7-8-9-10-11-18-15(2)22-23(16(18)3)21(24)17-12-13-19(25-4)20(14-17)26-5/h12-14H,6-11H2,1-5H3. The van der Waals surface area contributed by atoms with E-state index >= 15 is 0 Å². The zero-order valence-corrected chi connectivity index (χ0v) is 16.6. The van der Waals surface area contributed by atoms with E-state index in [1.807, 2.05) is 13.8 Å². The lowest BCUT2D eigenvalue weighted by molar-refractivity contribution is 0.0942. The minimum Gasteiger partial charge on any atom is -0.493 e. The van der Waals surface area contributed by atoms with E-state index in [-0.39, 0.29) is 5.91 Å². The molecule has 1 heterocycles. The molecule has 0 spiro atoms. The molecule has 0 N–H and O–H groups in total. The third-order valence-electron chi connectivity index (χ3n) is 4.79. The summed E-state index contributed by atoms with van der Waals surface area (Å²) >= 11 is 0. The first-order valence-electron chi connectivity index (χ1n) is 9.35. The van der Waals surface area contributed by atoms with Crippen molar-refractivity contribution in [2.24, 2.45) is 0 Å². The van der Waals surface area contributed by atoms with E-state index in [0.717, 1.165) is 24.2 Å². The van der Waals surface area contributed by atoms with Crippen LogP contribution in [-0.2, 0) is 6.42 Å². The van der Waals surface area contributed by atoms with Crippen LogP contribution in [0.4, 0.5) is 0 Å². The fraction of sp³-hybridized carbons (Fsp3) is 0.524. The topological polar surface area (TPSA) is 53.4 Å². The van der Waals surface area contributed by atoms with Crippen molar-refractivity contribution in [1.29, 1.82) is 0 Å². The molecule has 26 heavy (non-hydrogen) atoms. The molecule has 0 atom stereocenters. The van der Waals surface area contributed by atoms with E-state index in [9.17, 15) is 4.79 Å². The molecule has 2 aromatic rings. The Morgan fingerprint density at radius 3 is 2.38 bits per heavy atom. The number of hydrogen-bond donors (Lipinski definition) is 0. The molecule has 0 aliphatic rings. The van der Waals surface area contributed by atoms with Crippen LogP contribution in [0.3, 0.4) is 0 Å². The third kappa shape index (κ3) is 4.45. The van der Waals surface area contributed by atoms with Gasteiger partial charge in [-0.25, -0.2) is 4.68 Å². The molecule has 0 amide bonds. The lowest BCUT2D eigenvalue weighted by Crippen LogP contribution is -2.15. The van der Waals surface area contributed by atoms with Crippen LogP contribution in [0.5, 0.6) is 11.5 Å². The van der Waals surface area contributed by atoms with Gasteiger partial charge in [-0.05, 0) is 50.5 Å². The van der Waals surface area contributed by atoms with Gasteiger partial charge in [-0.15, -0.1) is 0 Å². The van der Waals surface area contributed by atoms with Gasteiger partial charge in [0.15, 0.2) is 11.5 Å². The predicted octanol–water partition coefficient (Wildman–Crippen LogP) is 4.72. The Hall–Kier alpha value is -2.30. The van der Waals surface area contributed by atoms with Gasteiger partial charge in [0.25, 0.3) is 5.91 Å². The van der Waals surface area contributed by atoms with Crippen LogP contribution in [0.1, 0.15) is 66.3 Å². The monoisotopic (exact) mass is 358 g/mol. The summed E-state index contributed by atoms with van der Waals surface area (Å²) in [7, 11) is 3.14. The van der Waals surface area contributed by atoms with Gasteiger partial charge in [0.05, 0.1) is 19.9 Å². The molecule has 5 nitrogen and oxygen atoms in total. The quantitative estimate of drug-likeness (QED) is 0.609. The number of carbonyl (C=O) groups is 1. The van der Waals surface area contributed by atoms with Gasteiger partial charge >= 0.3 is 0 Å². The Morgan fingerprint density at radius 1 is 1.04 bits per heavy atom. The summed E-state index contributed by atoms with van der Waals surface area (Å²) < 4.78 is 12.0. The molecular weight excluding hydrogens is 328 g/mol. The maximum atomic E-state index is 12.9. The summed E-state index contributed by atoms with van der Waals surface area (Å²) in [5.74, 6) is 0.991. The summed E-state index contributed by atoms with van der Waals surface area (Å²) in [6.07, 6.45) is 7.14. The van der Waals surface area contributed by atoms with Crippen molar-refractivity contribution in [3.05, 3.63) is 40.7 Å². The minimum atomic E-state index is -0.149. The van der Waals surface area contributed by atoms with Crippen LogP contribution < -0.4 is 9.47 Å². The van der Waals surface area contributed by atoms with Crippen LogP contribution in [0.2, 0.25) is 0 Å². The first kappa shape index (κ1) is 20.0. The molecule has 1 aromatic heterocycles. The largest absolute Gasteiger partial charge is 0.493 e. The molecule has 0 fully saturated rings. The highest BCUT2D eigenvalue weighted by Crippen LogP contribution is 2.28. The van der Waals surface area contributed by atoms with E-state index in [1.165, 1.54) is 35.9 Å². The summed E-state index contributed by atoms with van der Waals surface area (Å²) in [4.78, 5) is 12.9. The lowest BCUT2D eigenvalue weighted by atomic mass is 10.0. The number of carbonyl (C=O) groups excluding carboxylic acids is 1. The lowest BCUT2D eigenvalue weighted by Gasteiger charge is -2.10. The first-order chi connectivity index (χ1) is 12.5. The number of hydrogen-bond acceptors (Lipinski definition) is 4. The Labute approximate surface area is 156 Å². The van der Waals surface area contributed by atoms with E-state index in [1.54, 1.807) is 32.4 Å². The molecule has 0 aliphatic heterocycles. The normalized spacial score (nSPS) is 10.8. The van der Waals surface area contributed by atoms with Gasteiger partial charge < -0.3 is 9.47 Å². The SMILES string of the molecule is CCCCCCCc1c(C)nn(C(=O)c2ccc(OC)c(OC)c2)c1C. The molecule has 0 unspecified atom stereocenters. The summed E-state index contributed by atoms with van der Waals surface area (Å²) in [6, 6.07) is 5.18. The number of methoxy groups -OCH3 is 2. The fourth-order valence-electron chi connectivity index (χ4n) is 3.23. The van der Waals surface area contributed by atoms with E-state index < -0.39 is 0 Å². The summed E-state index contributed by atoms with van der Waals surface area (Å²) in [6.45, 7) is 6.17. The van der Waals surface area contributed by atoms with Crippen LogP contribution >= 0.6 is 0 Å². The molecule has 0 bridgehead atoms. The Kier molecular flexibility index (Phi) is 7.25. The van der Waals surface area contributed by atoms with Gasteiger partial charge in [0, 0.05) is 11.3 Å². The van der Waals surface area contributed by atoms with Crippen molar-refractivity contribution in [2.45, 2.75) is 59.3 Å². The van der Waals surface area contributed by atoms with Crippen LogP contribution in [-0.4, -0.2) is 29.9 Å².